The van der Waals surface area contributed by atoms with Gasteiger partial charge in [-0.1, -0.05) is 33.6 Å². The zero-order valence-corrected chi connectivity index (χ0v) is 11.4. The standard InChI is InChI=1S/C11H9BrClFO3/c1-10(11(13,17-10)9(15)16-2)7-4-3-6(14)5-8(7)12/h3-5H,1-2H3. The zero-order chi connectivity index (χ0) is 12.8. The molecule has 2 unspecified atom stereocenters. The van der Waals surface area contributed by atoms with Crippen molar-refractivity contribution in [2.45, 2.75) is 17.6 Å². The molecule has 0 aliphatic carbocycles. The number of esters is 1. The Kier molecular flexibility index (Phi) is 2.96. The Morgan fingerprint density at radius 2 is 2.24 bits per heavy atom. The van der Waals surface area contributed by atoms with E-state index in [9.17, 15) is 9.18 Å². The molecule has 0 radical (unpaired) electrons. The highest BCUT2D eigenvalue weighted by Crippen LogP contribution is 2.60. The van der Waals surface area contributed by atoms with Gasteiger partial charge in [-0.2, -0.15) is 0 Å². The highest BCUT2D eigenvalue weighted by molar-refractivity contribution is 9.10. The van der Waals surface area contributed by atoms with Crippen molar-refractivity contribution in [3.05, 3.63) is 34.1 Å². The van der Waals surface area contributed by atoms with E-state index in [-0.39, 0.29) is 5.82 Å². The lowest BCUT2D eigenvalue weighted by Gasteiger charge is -2.11. The molecule has 0 aromatic heterocycles. The molecule has 1 saturated heterocycles. The first kappa shape index (κ1) is 12.8. The number of alkyl halides is 1. The van der Waals surface area contributed by atoms with E-state index in [4.69, 9.17) is 16.3 Å². The molecule has 0 bridgehead atoms. The Labute approximate surface area is 111 Å². The lowest BCUT2D eigenvalue weighted by Crippen LogP contribution is -2.27. The average Bonchev–Trinajstić information content (AvgIpc) is 2.82. The van der Waals surface area contributed by atoms with Gasteiger partial charge in [0.2, 0.25) is 0 Å². The molecule has 17 heavy (non-hydrogen) atoms. The quantitative estimate of drug-likeness (QED) is 0.477. The Balaban J connectivity index is 2.40. The highest BCUT2D eigenvalue weighted by atomic mass is 79.9. The van der Waals surface area contributed by atoms with Crippen LogP contribution in [0, 0.1) is 5.82 Å². The lowest BCUT2D eigenvalue weighted by molar-refractivity contribution is -0.143. The summed E-state index contributed by atoms with van der Waals surface area (Å²) in [7, 11) is 1.23. The third kappa shape index (κ3) is 1.77. The minimum atomic E-state index is -1.54. The summed E-state index contributed by atoms with van der Waals surface area (Å²) in [6.45, 7) is 1.65. The van der Waals surface area contributed by atoms with Crippen LogP contribution in [0.2, 0.25) is 0 Å². The number of halogens is 3. The van der Waals surface area contributed by atoms with E-state index in [1.807, 2.05) is 0 Å². The molecule has 1 aliphatic rings. The summed E-state index contributed by atoms with van der Waals surface area (Å²) in [5.74, 6) is -1.05. The van der Waals surface area contributed by atoms with Crippen molar-refractivity contribution in [1.29, 1.82) is 0 Å². The van der Waals surface area contributed by atoms with Crippen LogP contribution in [-0.4, -0.2) is 18.1 Å². The maximum Gasteiger partial charge on any atom is 0.357 e. The SMILES string of the molecule is COC(=O)C1(Cl)OC1(C)c1ccc(F)cc1Br. The Bertz CT molecular complexity index is 496. The lowest BCUT2D eigenvalue weighted by atomic mass is 9.97. The first-order valence-electron chi connectivity index (χ1n) is 4.78. The second-order valence-electron chi connectivity index (χ2n) is 3.85. The van der Waals surface area contributed by atoms with Gasteiger partial charge in [0.25, 0.3) is 5.06 Å². The van der Waals surface area contributed by atoms with Crippen molar-refractivity contribution in [1.82, 2.24) is 0 Å². The molecule has 0 spiro atoms. The van der Waals surface area contributed by atoms with Crippen LogP contribution >= 0.6 is 27.5 Å². The van der Waals surface area contributed by atoms with Gasteiger partial charge in [-0.25, -0.2) is 9.18 Å². The first-order chi connectivity index (χ1) is 7.85. The highest BCUT2D eigenvalue weighted by Gasteiger charge is 2.74. The van der Waals surface area contributed by atoms with E-state index < -0.39 is 16.6 Å². The molecular weight excluding hydrogens is 314 g/mol. The molecule has 1 aliphatic heterocycles. The van der Waals surface area contributed by atoms with E-state index in [0.29, 0.717) is 10.0 Å². The Hall–Kier alpha value is -0.650. The van der Waals surface area contributed by atoms with E-state index >= 15 is 0 Å². The van der Waals surface area contributed by atoms with Crippen molar-refractivity contribution in [3.8, 4) is 0 Å². The van der Waals surface area contributed by atoms with Gasteiger partial charge >= 0.3 is 5.97 Å². The molecule has 2 rings (SSSR count). The molecule has 6 heteroatoms. The molecular formula is C11H9BrClFO3. The van der Waals surface area contributed by atoms with Crippen LogP contribution in [-0.2, 0) is 19.9 Å². The van der Waals surface area contributed by atoms with Gasteiger partial charge in [0.05, 0.1) is 7.11 Å². The number of rotatable bonds is 2. The number of benzene rings is 1. The van der Waals surface area contributed by atoms with E-state index in [1.54, 1.807) is 6.92 Å². The fourth-order valence-electron chi connectivity index (χ4n) is 1.73. The van der Waals surface area contributed by atoms with Gasteiger partial charge in [0.1, 0.15) is 11.4 Å². The molecule has 1 heterocycles. The fraction of sp³-hybridized carbons (Fsp3) is 0.364. The number of hydrogen-bond donors (Lipinski definition) is 0. The van der Waals surface area contributed by atoms with E-state index in [0.717, 1.165) is 0 Å². The van der Waals surface area contributed by atoms with Gasteiger partial charge in [-0.3, -0.25) is 0 Å². The topological polar surface area (TPSA) is 38.8 Å². The third-order valence-corrected chi connectivity index (χ3v) is 4.06. The largest absolute Gasteiger partial charge is 0.466 e. The number of carbonyl (C=O) groups excluding carboxylic acids is 1. The molecule has 0 N–H and O–H groups in total. The van der Waals surface area contributed by atoms with Crippen LogP contribution in [0.1, 0.15) is 12.5 Å². The smallest absolute Gasteiger partial charge is 0.357 e. The predicted molar refractivity (Wildman–Crippen MR) is 63.1 cm³/mol. The summed E-state index contributed by atoms with van der Waals surface area (Å²) in [4.78, 5) is 11.5. The molecule has 3 nitrogen and oxygen atoms in total. The van der Waals surface area contributed by atoms with Crippen LogP contribution in [0.25, 0.3) is 0 Å². The second-order valence-corrected chi connectivity index (χ2v) is 5.23. The monoisotopic (exact) mass is 322 g/mol. The third-order valence-electron chi connectivity index (χ3n) is 2.81. The summed E-state index contributed by atoms with van der Waals surface area (Å²) < 4.78 is 23.3. The van der Waals surface area contributed by atoms with Gasteiger partial charge < -0.3 is 9.47 Å². The fourth-order valence-corrected chi connectivity index (χ4v) is 2.79. The van der Waals surface area contributed by atoms with E-state index in [1.165, 1.54) is 25.3 Å². The van der Waals surface area contributed by atoms with Crippen LogP contribution in [0.15, 0.2) is 22.7 Å². The molecule has 1 aromatic carbocycles. The van der Waals surface area contributed by atoms with Crippen LogP contribution in [0.5, 0.6) is 0 Å². The van der Waals surface area contributed by atoms with Crippen LogP contribution in [0.4, 0.5) is 4.39 Å². The van der Waals surface area contributed by atoms with Crippen LogP contribution < -0.4 is 0 Å². The van der Waals surface area contributed by atoms with Crippen molar-refractivity contribution in [2.75, 3.05) is 7.11 Å². The van der Waals surface area contributed by atoms with Crippen molar-refractivity contribution < 1.29 is 18.7 Å². The van der Waals surface area contributed by atoms with Crippen molar-refractivity contribution >= 4 is 33.5 Å². The van der Waals surface area contributed by atoms with Crippen molar-refractivity contribution in [2.24, 2.45) is 0 Å². The summed E-state index contributed by atoms with van der Waals surface area (Å²) in [5.41, 5.74) is -0.423. The zero-order valence-electron chi connectivity index (χ0n) is 9.09. The van der Waals surface area contributed by atoms with Gasteiger partial charge in [0.15, 0.2) is 0 Å². The van der Waals surface area contributed by atoms with Gasteiger partial charge in [-0.05, 0) is 19.1 Å². The summed E-state index contributed by atoms with van der Waals surface area (Å²) in [6.07, 6.45) is 0. The molecule has 1 fully saturated rings. The molecule has 1 aromatic rings. The average molecular weight is 324 g/mol. The predicted octanol–water partition coefficient (Wildman–Crippen LogP) is 2.94. The van der Waals surface area contributed by atoms with Gasteiger partial charge in [0, 0.05) is 10.0 Å². The first-order valence-corrected chi connectivity index (χ1v) is 5.95. The second kappa shape index (κ2) is 3.93. The normalized spacial score (nSPS) is 31.1. The molecule has 0 saturated carbocycles. The minimum Gasteiger partial charge on any atom is -0.466 e. The number of hydrogen-bond acceptors (Lipinski definition) is 3. The van der Waals surface area contributed by atoms with Crippen molar-refractivity contribution in [3.63, 3.8) is 0 Å². The maximum absolute atomic E-state index is 13.0. The minimum absolute atomic E-state index is 0.386. The molecule has 2 atom stereocenters. The Morgan fingerprint density at radius 1 is 1.59 bits per heavy atom. The van der Waals surface area contributed by atoms with Crippen LogP contribution in [0.3, 0.4) is 0 Å². The molecule has 92 valence electrons. The number of ether oxygens (including phenoxy) is 2. The summed E-state index contributed by atoms with van der Waals surface area (Å²) >= 11 is 9.25. The summed E-state index contributed by atoms with van der Waals surface area (Å²) in [6, 6.07) is 4.09. The summed E-state index contributed by atoms with van der Waals surface area (Å²) in [5, 5.41) is -1.54. The van der Waals surface area contributed by atoms with Gasteiger partial charge in [-0.15, -0.1) is 0 Å². The number of methoxy groups -OCH3 is 1. The molecule has 0 amide bonds. The number of carbonyl (C=O) groups is 1. The number of epoxide rings is 1. The van der Waals surface area contributed by atoms with E-state index in [2.05, 4.69) is 20.7 Å². The maximum atomic E-state index is 13.0. The Morgan fingerprint density at radius 3 is 2.76 bits per heavy atom.